The summed E-state index contributed by atoms with van der Waals surface area (Å²) in [6.07, 6.45) is 0. The van der Waals surface area contributed by atoms with Crippen LogP contribution in [0.1, 0.15) is 32.1 Å². The molecule has 28 heavy (non-hydrogen) atoms. The zero-order chi connectivity index (χ0) is 20.4. The number of hydrogen-bond acceptors (Lipinski definition) is 4. The lowest BCUT2D eigenvalue weighted by atomic mass is 10.1. The Bertz CT molecular complexity index is 1060. The highest BCUT2D eigenvalue weighted by Crippen LogP contribution is 2.25. The van der Waals surface area contributed by atoms with Gasteiger partial charge in [0.15, 0.2) is 0 Å². The largest absolute Gasteiger partial charge is 0.465 e. The molecule has 0 aliphatic rings. The molecule has 0 aliphatic carbocycles. The van der Waals surface area contributed by atoms with Crippen molar-refractivity contribution in [2.24, 2.45) is 0 Å². The van der Waals surface area contributed by atoms with Crippen molar-refractivity contribution >= 4 is 40.8 Å². The highest BCUT2D eigenvalue weighted by atomic mass is 35.5. The van der Waals surface area contributed by atoms with Gasteiger partial charge in [-0.05, 0) is 56.3 Å². The van der Waals surface area contributed by atoms with E-state index in [0.717, 1.165) is 17.1 Å². The lowest BCUT2D eigenvalue weighted by Gasteiger charge is -2.10. The van der Waals surface area contributed by atoms with Gasteiger partial charge >= 0.3 is 5.97 Å². The summed E-state index contributed by atoms with van der Waals surface area (Å²) in [5.41, 5.74) is 3.39. The lowest BCUT2D eigenvalue weighted by molar-refractivity contribution is 0.0600. The van der Waals surface area contributed by atoms with Gasteiger partial charge in [-0.3, -0.25) is 4.79 Å². The van der Waals surface area contributed by atoms with Crippen molar-refractivity contribution < 1.29 is 14.3 Å². The van der Waals surface area contributed by atoms with Crippen molar-refractivity contribution in [1.82, 2.24) is 9.78 Å². The van der Waals surface area contributed by atoms with Crippen LogP contribution in [0.5, 0.6) is 0 Å². The maximum atomic E-state index is 12.6. The van der Waals surface area contributed by atoms with Crippen molar-refractivity contribution in [1.29, 1.82) is 0 Å². The second kappa shape index (κ2) is 8.04. The molecule has 0 saturated heterocycles. The molecule has 0 fully saturated rings. The number of carbonyl (C=O) groups is 2. The number of aryl methyl sites for hydroxylation is 1. The van der Waals surface area contributed by atoms with Gasteiger partial charge < -0.3 is 10.1 Å². The van der Waals surface area contributed by atoms with Crippen molar-refractivity contribution in [3.63, 3.8) is 0 Å². The molecule has 6 nitrogen and oxygen atoms in total. The molecule has 1 N–H and O–H groups in total. The first-order valence-electron chi connectivity index (χ1n) is 8.33. The van der Waals surface area contributed by atoms with E-state index < -0.39 is 5.97 Å². The third-order valence-corrected chi connectivity index (χ3v) is 5.09. The SMILES string of the molecule is COC(=O)c1ccc(Cl)c(NC(=O)c2ccc(-n3nc(C)c(Cl)c3C)cc2)c1. The zero-order valence-corrected chi connectivity index (χ0v) is 16.9. The molecule has 1 heterocycles. The minimum absolute atomic E-state index is 0.291. The van der Waals surface area contributed by atoms with Crippen LogP contribution in [-0.2, 0) is 4.74 Å². The van der Waals surface area contributed by atoms with E-state index in [1.165, 1.54) is 25.3 Å². The fourth-order valence-electron chi connectivity index (χ4n) is 2.69. The number of nitrogens with one attached hydrogen (secondary N) is 1. The van der Waals surface area contributed by atoms with Crippen molar-refractivity contribution in [3.8, 4) is 5.69 Å². The molecule has 3 aromatic rings. The monoisotopic (exact) mass is 417 g/mol. The van der Waals surface area contributed by atoms with E-state index in [1.807, 2.05) is 13.8 Å². The van der Waals surface area contributed by atoms with Gasteiger partial charge in [-0.15, -0.1) is 0 Å². The van der Waals surface area contributed by atoms with E-state index in [2.05, 4.69) is 15.2 Å². The Morgan fingerprint density at radius 3 is 2.25 bits per heavy atom. The summed E-state index contributed by atoms with van der Waals surface area (Å²) in [5, 5.41) is 8.03. The number of rotatable bonds is 4. The van der Waals surface area contributed by atoms with Crippen LogP contribution < -0.4 is 5.32 Å². The Hall–Kier alpha value is -2.83. The fraction of sp³-hybridized carbons (Fsp3) is 0.150. The molecule has 0 radical (unpaired) electrons. The van der Waals surface area contributed by atoms with Crippen LogP contribution in [0.3, 0.4) is 0 Å². The normalized spacial score (nSPS) is 10.6. The number of nitrogens with zero attached hydrogens (tertiary/aromatic N) is 2. The molecular formula is C20H17Cl2N3O3. The molecule has 2 aromatic carbocycles. The van der Waals surface area contributed by atoms with Crippen LogP contribution in [0.4, 0.5) is 5.69 Å². The first-order valence-corrected chi connectivity index (χ1v) is 9.08. The molecule has 0 spiro atoms. The summed E-state index contributed by atoms with van der Waals surface area (Å²) in [6.45, 7) is 3.71. The fourth-order valence-corrected chi connectivity index (χ4v) is 2.97. The zero-order valence-electron chi connectivity index (χ0n) is 15.4. The summed E-state index contributed by atoms with van der Waals surface area (Å²) >= 11 is 12.3. The number of halogens is 2. The number of methoxy groups -OCH3 is 1. The second-order valence-electron chi connectivity index (χ2n) is 6.08. The molecule has 0 aliphatic heterocycles. The number of hydrogen-bond donors (Lipinski definition) is 1. The maximum absolute atomic E-state index is 12.6. The Balaban J connectivity index is 1.82. The summed E-state index contributed by atoms with van der Waals surface area (Å²) in [7, 11) is 1.28. The van der Waals surface area contributed by atoms with Crippen molar-refractivity contribution in [2.75, 3.05) is 12.4 Å². The van der Waals surface area contributed by atoms with Gasteiger partial charge in [-0.1, -0.05) is 23.2 Å². The Kier molecular flexibility index (Phi) is 5.72. The predicted molar refractivity (Wildman–Crippen MR) is 109 cm³/mol. The number of anilines is 1. The standard InChI is InChI=1S/C20H17Cl2N3O3/c1-11-18(22)12(2)25(24-11)15-7-4-13(5-8-15)19(26)23-17-10-14(20(27)28-3)6-9-16(17)21/h4-10H,1-3H3,(H,23,26). The maximum Gasteiger partial charge on any atom is 0.337 e. The minimum atomic E-state index is -0.514. The van der Waals surface area contributed by atoms with Crippen LogP contribution in [0, 0.1) is 13.8 Å². The first kappa shape index (κ1) is 19.9. The van der Waals surface area contributed by atoms with Gasteiger partial charge in [-0.2, -0.15) is 5.10 Å². The van der Waals surface area contributed by atoms with E-state index in [9.17, 15) is 9.59 Å². The molecule has 0 atom stereocenters. The average Bonchev–Trinajstić information content (AvgIpc) is 2.96. The van der Waals surface area contributed by atoms with Crippen LogP contribution in [0.25, 0.3) is 5.69 Å². The Labute approximate surface area is 172 Å². The number of ether oxygens (including phenoxy) is 1. The number of aromatic nitrogens is 2. The van der Waals surface area contributed by atoms with E-state index in [0.29, 0.717) is 26.9 Å². The Morgan fingerprint density at radius 2 is 1.68 bits per heavy atom. The predicted octanol–water partition coefficient (Wildman–Crippen LogP) is 4.83. The van der Waals surface area contributed by atoms with Gasteiger partial charge in [-0.25, -0.2) is 9.48 Å². The van der Waals surface area contributed by atoms with Crippen LogP contribution in [0.15, 0.2) is 42.5 Å². The molecular weight excluding hydrogens is 401 g/mol. The minimum Gasteiger partial charge on any atom is -0.465 e. The van der Waals surface area contributed by atoms with Gasteiger partial charge in [0.05, 0.1) is 45.5 Å². The quantitative estimate of drug-likeness (QED) is 0.616. The van der Waals surface area contributed by atoms with Crippen molar-refractivity contribution in [2.45, 2.75) is 13.8 Å². The third-order valence-electron chi connectivity index (χ3n) is 4.21. The molecule has 1 aromatic heterocycles. The summed E-state index contributed by atoms with van der Waals surface area (Å²) < 4.78 is 6.40. The first-order chi connectivity index (χ1) is 13.3. The number of esters is 1. The highest BCUT2D eigenvalue weighted by molar-refractivity contribution is 6.34. The molecule has 1 amide bonds. The summed E-state index contributed by atoms with van der Waals surface area (Å²) in [4.78, 5) is 24.2. The topological polar surface area (TPSA) is 73.2 Å². The third kappa shape index (κ3) is 3.88. The van der Waals surface area contributed by atoms with Gasteiger partial charge in [0, 0.05) is 5.56 Å². The lowest BCUT2D eigenvalue weighted by Crippen LogP contribution is -2.13. The number of carbonyl (C=O) groups excluding carboxylic acids is 2. The molecule has 144 valence electrons. The molecule has 0 unspecified atom stereocenters. The van der Waals surface area contributed by atoms with Gasteiger partial charge in [0.2, 0.25) is 0 Å². The van der Waals surface area contributed by atoms with E-state index >= 15 is 0 Å². The summed E-state index contributed by atoms with van der Waals surface area (Å²) in [6, 6.07) is 11.4. The van der Waals surface area contributed by atoms with Gasteiger partial charge in [0.25, 0.3) is 5.91 Å². The molecule has 0 bridgehead atoms. The molecule has 8 heteroatoms. The van der Waals surface area contributed by atoms with Gasteiger partial charge in [0.1, 0.15) is 0 Å². The van der Waals surface area contributed by atoms with E-state index in [-0.39, 0.29) is 5.91 Å². The average molecular weight is 418 g/mol. The van der Waals surface area contributed by atoms with Crippen LogP contribution in [0.2, 0.25) is 10.0 Å². The van der Waals surface area contributed by atoms with E-state index in [1.54, 1.807) is 28.9 Å². The van der Waals surface area contributed by atoms with E-state index in [4.69, 9.17) is 23.2 Å². The Morgan fingerprint density at radius 1 is 1.04 bits per heavy atom. The van der Waals surface area contributed by atoms with Crippen LogP contribution in [-0.4, -0.2) is 28.8 Å². The smallest absolute Gasteiger partial charge is 0.337 e. The second-order valence-corrected chi connectivity index (χ2v) is 6.87. The van der Waals surface area contributed by atoms with Crippen LogP contribution >= 0.6 is 23.2 Å². The molecule has 0 saturated carbocycles. The van der Waals surface area contributed by atoms with Crippen molar-refractivity contribution in [3.05, 3.63) is 75.0 Å². The molecule has 3 rings (SSSR count). The highest BCUT2D eigenvalue weighted by Gasteiger charge is 2.14. The number of benzene rings is 2. The number of amides is 1. The summed E-state index contributed by atoms with van der Waals surface area (Å²) in [5.74, 6) is -0.873.